The van der Waals surface area contributed by atoms with Crippen LogP contribution in [-0.2, 0) is 6.54 Å². The van der Waals surface area contributed by atoms with Crippen molar-refractivity contribution in [3.05, 3.63) is 76.2 Å². The first-order valence-corrected chi connectivity index (χ1v) is 9.64. The number of nitriles is 1. The third-order valence-corrected chi connectivity index (χ3v) is 4.57. The Morgan fingerprint density at radius 1 is 1.20 bits per heavy atom. The summed E-state index contributed by atoms with van der Waals surface area (Å²) in [6, 6.07) is 13.7. The molecular formula is C23H20ClN5O. The fourth-order valence-corrected chi connectivity index (χ4v) is 2.95. The maximum atomic E-state index is 12.8. The molecule has 150 valence electrons. The van der Waals surface area contributed by atoms with E-state index >= 15 is 0 Å². The quantitative estimate of drug-likeness (QED) is 0.636. The predicted molar refractivity (Wildman–Crippen MR) is 116 cm³/mol. The number of carbonyl (C=O) groups excluding carboxylic acids is 1. The zero-order chi connectivity index (χ0) is 21.7. The largest absolute Gasteiger partial charge is 0.305 e. The second-order valence-corrected chi connectivity index (χ2v) is 7.86. The minimum Gasteiger partial charge on any atom is -0.305 e. The van der Waals surface area contributed by atoms with E-state index in [0.29, 0.717) is 5.82 Å². The molecule has 7 heteroatoms. The van der Waals surface area contributed by atoms with E-state index in [-0.39, 0.29) is 17.3 Å². The first-order valence-electron chi connectivity index (χ1n) is 9.27. The lowest BCUT2D eigenvalue weighted by atomic mass is 9.96. The van der Waals surface area contributed by atoms with E-state index in [4.69, 9.17) is 11.6 Å². The van der Waals surface area contributed by atoms with E-state index in [1.54, 1.807) is 20.0 Å². The fourth-order valence-electron chi connectivity index (χ4n) is 2.72. The van der Waals surface area contributed by atoms with Crippen LogP contribution in [0.1, 0.15) is 41.0 Å². The molecule has 30 heavy (non-hydrogen) atoms. The van der Waals surface area contributed by atoms with Crippen LogP contribution in [0.25, 0.3) is 0 Å². The highest BCUT2D eigenvalue weighted by atomic mass is 35.5. The molecule has 0 aliphatic rings. The zero-order valence-corrected chi connectivity index (χ0v) is 17.7. The van der Waals surface area contributed by atoms with Crippen LogP contribution in [0.2, 0.25) is 5.02 Å². The van der Waals surface area contributed by atoms with Gasteiger partial charge >= 0.3 is 0 Å². The Hall–Kier alpha value is -3.61. The highest BCUT2D eigenvalue weighted by Crippen LogP contribution is 2.23. The van der Waals surface area contributed by atoms with E-state index in [2.05, 4.69) is 33.3 Å². The van der Waals surface area contributed by atoms with Crippen molar-refractivity contribution in [1.82, 2.24) is 14.8 Å². The molecule has 6 nitrogen and oxygen atoms in total. The van der Waals surface area contributed by atoms with Gasteiger partial charge in [0.25, 0.3) is 5.91 Å². The van der Waals surface area contributed by atoms with Crippen molar-refractivity contribution in [1.29, 1.82) is 5.26 Å². The lowest BCUT2D eigenvalue weighted by Gasteiger charge is -2.17. The number of benzene rings is 1. The van der Waals surface area contributed by atoms with Gasteiger partial charge in [-0.2, -0.15) is 10.4 Å². The van der Waals surface area contributed by atoms with Crippen LogP contribution in [0.3, 0.4) is 0 Å². The summed E-state index contributed by atoms with van der Waals surface area (Å²) in [6.45, 7) is 5.61. The van der Waals surface area contributed by atoms with E-state index in [1.807, 2.05) is 43.3 Å². The molecule has 2 heterocycles. The van der Waals surface area contributed by atoms with Crippen LogP contribution >= 0.6 is 11.6 Å². The highest BCUT2D eigenvalue weighted by molar-refractivity contribution is 6.34. The third-order valence-electron chi connectivity index (χ3n) is 4.29. The average molecular weight is 418 g/mol. The number of hydrogen-bond donors (Lipinski definition) is 1. The van der Waals surface area contributed by atoms with Gasteiger partial charge in [0.1, 0.15) is 11.5 Å². The number of carbonyl (C=O) groups is 1. The Balaban J connectivity index is 1.79. The summed E-state index contributed by atoms with van der Waals surface area (Å²) < 4.78 is 1.44. The smallest absolute Gasteiger partial charge is 0.276 e. The van der Waals surface area contributed by atoms with Crippen LogP contribution in [0.15, 0.2) is 48.8 Å². The lowest BCUT2D eigenvalue weighted by Crippen LogP contribution is -2.25. The van der Waals surface area contributed by atoms with Crippen molar-refractivity contribution in [2.75, 3.05) is 5.32 Å². The summed E-state index contributed by atoms with van der Waals surface area (Å²) in [5.74, 6) is 6.12. The number of nitrogens with zero attached hydrogens (tertiary/aromatic N) is 4. The van der Waals surface area contributed by atoms with Gasteiger partial charge in [0.15, 0.2) is 0 Å². The van der Waals surface area contributed by atoms with Crippen LogP contribution in [0, 0.1) is 35.5 Å². The molecular weight excluding hydrogens is 398 g/mol. The number of rotatable bonds is 4. The Kier molecular flexibility index (Phi) is 6.20. The third kappa shape index (κ3) is 5.05. The number of nitrogens with one attached hydrogen (secondary N) is 1. The van der Waals surface area contributed by atoms with E-state index in [1.165, 1.54) is 10.9 Å². The number of pyridine rings is 1. The molecule has 2 aromatic heterocycles. The van der Waals surface area contributed by atoms with Gasteiger partial charge in [-0.05, 0) is 44.5 Å². The summed E-state index contributed by atoms with van der Waals surface area (Å²) in [7, 11) is 0. The van der Waals surface area contributed by atoms with Crippen molar-refractivity contribution in [2.24, 2.45) is 5.41 Å². The molecule has 1 N–H and O–H groups in total. The second kappa shape index (κ2) is 8.82. The summed E-state index contributed by atoms with van der Waals surface area (Å²) in [6.07, 6.45) is 3.00. The second-order valence-electron chi connectivity index (χ2n) is 7.45. The maximum Gasteiger partial charge on any atom is 0.276 e. The van der Waals surface area contributed by atoms with Crippen molar-refractivity contribution in [2.45, 2.75) is 27.3 Å². The molecule has 0 saturated carbocycles. The van der Waals surface area contributed by atoms with Crippen molar-refractivity contribution in [3.8, 4) is 17.9 Å². The number of amides is 1. The standard InChI is InChI=1S/C23H20ClN5O/c1-16-11-18(10-9-17-7-5-4-6-8-17)12-26-21(16)28-22(30)20-19(24)13-27-29(20)15-23(2,3)14-25/h4-8,11-13H,15H2,1-3H3,(H,26,28,30). The normalized spacial score (nSPS) is 10.6. The maximum absolute atomic E-state index is 12.8. The fraction of sp³-hybridized carbons (Fsp3) is 0.217. The van der Waals surface area contributed by atoms with Gasteiger partial charge in [-0.25, -0.2) is 4.98 Å². The molecule has 3 rings (SSSR count). The first kappa shape index (κ1) is 21.1. The van der Waals surface area contributed by atoms with Crippen molar-refractivity contribution in [3.63, 3.8) is 0 Å². The lowest BCUT2D eigenvalue weighted by molar-refractivity contribution is 0.101. The topological polar surface area (TPSA) is 83.6 Å². The Bertz CT molecular complexity index is 1180. The van der Waals surface area contributed by atoms with Crippen LogP contribution in [0.5, 0.6) is 0 Å². The van der Waals surface area contributed by atoms with Gasteiger partial charge in [0, 0.05) is 17.3 Å². The zero-order valence-electron chi connectivity index (χ0n) is 16.9. The summed E-state index contributed by atoms with van der Waals surface area (Å²) in [4.78, 5) is 17.2. The Labute approximate surface area is 180 Å². The van der Waals surface area contributed by atoms with Gasteiger partial charge in [-0.1, -0.05) is 41.6 Å². The van der Waals surface area contributed by atoms with E-state index < -0.39 is 11.3 Å². The Morgan fingerprint density at radius 3 is 2.57 bits per heavy atom. The van der Waals surface area contributed by atoms with Gasteiger partial charge in [-0.15, -0.1) is 0 Å². The molecule has 0 fully saturated rings. The van der Waals surface area contributed by atoms with Gasteiger partial charge < -0.3 is 5.32 Å². The average Bonchev–Trinajstić information content (AvgIpc) is 3.08. The molecule has 1 amide bonds. The highest BCUT2D eigenvalue weighted by Gasteiger charge is 2.24. The molecule has 0 aliphatic carbocycles. The molecule has 0 atom stereocenters. The summed E-state index contributed by atoms with van der Waals surface area (Å²) >= 11 is 6.18. The molecule has 0 aliphatic heterocycles. The van der Waals surface area contributed by atoms with Gasteiger partial charge in [-0.3, -0.25) is 9.48 Å². The molecule has 0 bridgehead atoms. The van der Waals surface area contributed by atoms with Gasteiger partial charge in [0.2, 0.25) is 0 Å². The van der Waals surface area contributed by atoms with E-state index in [0.717, 1.165) is 16.7 Å². The monoisotopic (exact) mass is 417 g/mol. The van der Waals surface area contributed by atoms with Crippen molar-refractivity contribution < 1.29 is 4.79 Å². The molecule has 0 unspecified atom stereocenters. The summed E-state index contributed by atoms with van der Waals surface area (Å²) in [5.41, 5.74) is 1.92. The number of aryl methyl sites for hydroxylation is 1. The number of aromatic nitrogens is 3. The minimum absolute atomic E-state index is 0.189. The minimum atomic E-state index is -0.697. The predicted octanol–water partition coefficient (Wildman–Crippen LogP) is 4.44. The SMILES string of the molecule is Cc1cc(C#Cc2ccccc2)cnc1NC(=O)c1c(Cl)cnn1CC(C)(C)C#N. The molecule has 1 aromatic carbocycles. The van der Waals surface area contributed by atoms with Crippen LogP contribution in [0.4, 0.5) is 5.82 Å². The number of hydrogen-bond acceptors (Lipinski definition) is 4. The molecule has 0 saturated heterocycles. The number of halogens is 1. The van der Waals surface area contributed by atoms with Gasteiger partial charge in [0.05, 0.1) is 29.2 Å². The first-order chi connectivity index (χ1) is 14.3. The Morgan fingerprint density at radius 2 is 1.90 bits per heavy atom. The van der Waals surface area contributed by atoms with E-state index in [9.17, 15) is 10.1 Å². The van der Waals surface area contributed by atoms with Crippen LogP contribution in [-0.4, -0.2) is 20.7 Å². The number of anilines is 1. The van der Waals surface area contributed by atoms with Crippen molar-refractivity contribution >= 4 is 23.3 Å². The molecule has 0 radical (unpaired) electrons. The molecule has 3 aromatic rings. The molecule has 0 spiro atoms. The summed E-state index contributed by atoms with van der Waals surface area (Å²) in [5, 5.41) is 16.4. The van der Waals surface area contributed by atoms with Crippen LogP contribution < -0.4 is 5.32 Å².